The van der Waals surface area contributed by atoms with Crippen LogP contribution in [0.1, 0.15) is 0 Å². The second-order valence-corrected chi connectivity index (χ2v) is 15.7. The first-order valence-electron chi connectivity index (χ1n) is 21.2. The van der Waals surface area contributed by atoms with Crippen LogP contribution in [0.2, 0.25) is 0 Å². The molecular weight excluding hydrogens is 773 g/mol. The second-order valence-electron chi connectivity index (χ2n) is 15.7. The van der Waals surface area contributed by atoms with Gasteiger partial charge in [-0.15, -0.1) is 0 Å². The molecule has 0 saturated carbocycles. The van der Waals surface area contributed by atoms with Crippen molar-refractivity contribution in [3.05, 3.63) is 231 Å². The summed E-state index contributed by atoms with van der Waals surface area (Å²) in [6.45, 7) is 0. The van der Waals surface area contributed by atoms with Crippen molar-refractivity contribution in [2.24, 2.45) is 0 Å². The molecule has 0 aliphatic rings. The van der Waals surface area contributed by atoms with E-state index in [-0.39, 0.29) is 0 Å². The van der Waals surface area contributed by atoms with Crippen LogP contribution in [0.4, 0.5) is 34.1 Å². The molecule has 0 unspecified atom stereocenters. The highest BCUT2D eigenvalue weighted by Crippen LogP contribution is 2.47. The number of nitrogens with zero attached hydrogens (tertiary/aromatic N) is 2. The van der Waals surface area contributed by atoms with Gasteiger partial charge in [0.05, 0.1) is 0 Å². The number of benzene rings is 9. The van der Waals surface area contributed by atoms with Crippen LogP contribution in [0.5, 0.6) is 0 Å². The number of hydrogen-bond donors (Lipinski definition) is 0. The Balaban J connectivity index is 1.00. The topological polar surface area (TPSA) is 45.9 Å². The Morgan fingerprint density at radius 3 is 1.06 bits per heavy atom. The van der Waals surface area contributed by atoms with Crippen molar-refractivity contribution < 1.29 is 13.3 Å². The molecule has 0 spiro atoms. The molecule has 0 amide bonds. The van der Waals surface area contributed by atoms with Crippen LogP contribution in [-0.2, 0) is 0 Å². The largest absolute Gasteiger partial charge is 0.456 e. The summed E-state index contributed by atoms with van der Waals surface area (Å²) in [6.07, 6.45) is 0. The maximum Gasteiger partial charge on any atom is 0.178 e. The van der Waals surface area contributed by atoms with Crippen molar-refractivity contribution in [3.63, 3.8) is 0 Å². The Morgan fingerprint density at radius 1 is 0.254 bits per heavy atom. The van der Waals surface area contributed by atoms with Crippen LogP contribution in [0, 0.1) is 0 Å². The lowest BCUT2D eigenvalue weighted by Crippen LogP contribution is -2.09. The Kier molecular flexibility index (Phi) is 8.75. The molecule has 12 rings (SSSR count). The van der Waals surface area contributed by atoms with Crippen LogP contribution in [0.3, 0.4) is 0 Å². The minimum absolute atomic E-state index is 0.698. The fraction of sp³-hybridized carbons (Fsp3) is 0. The summed E-state index contributed by atoms with van der Waals surface area (Å²) in [6, 6.07) is 79.9. The van der Waals surface area contributed by atoms with Crippen LogP contribution in [-0.4, -0.2) is 0 Å². The third-order valence-electron chi connectivity index (χ3n) is 11.9. The predicted octanol–water partition coefficient (Wildman–Crippen LogP) is 17.0. The Morgan fingerprint density at radius 2 is 0.603 bits per heavy atom. The van der Waals surface area contributed by atoms with Crippen LogP contribution in [0.25, 0.3) is 77.7 Å². The fourth-order valence-corrected chi connectivity index (χ4v) is 8.91. The number of hydrogen-bond acceptors (Lipinski definition) is 5. The molecule has 0 aliphatic heterocycles. The van der Waals surface area contributed by atoms with E-state index >= 15 is 0 Å². The van der Waals surface area contributed by atoms with Gasteiger partial charge in [-0.1, -0.05) is 103 Å². The van der Waals surface area contributed by atoms with Crippen molar-refractivity contribution in [1.82, 2.24) is 0 Å². The smallest absolute Gasteiger partial charge is 0.178 e. The highest BCUT2D eigenvalue weighted by Gasteiger charge is 2.23. The third-order valence-corrected chi connectivity index (χ3v) is 11.9. The third kappa shape index (κ3) is 6.42. The SMILES string of the molecule is c1ccc(-c2cc3c(ccc4c5cc(-c6ccc(N(c7ccccc7)c7ccccc7)cc6)oc5c5oc(-c6ccc(N(c7ccccc7)c7ccccc7)cc6)cc5c34)o2)cc1. The number of fused-ring (bicyclic) bond motifs is 8. The normalized spacial score (nSPS) is 11.5. The first-order valence-corrected chi connectivity index (χ1v) is 21.2. The number of rotatable bonds is 9. The summed E-state index contributed by atoms with van der Waals surface area (Å²) >= 11 is 0. The summed E-state index contributed by atoms with van der Waals surface area (Å²) in [5.74, 6) is 2.34. The van der Waals surface area contributed by atoms with Crippen molar-refractivity contribution in [2.75, 3.05) is 9.80 Å². The van der Waals surface area contributed by atoms with Gasteiger partial charge < -0.3 is 23.1 Å². The zero-order chi connectivity index (χ0) is 41.7. The molecule has 5 heteroatoms. The summed E-state index contributed by atoms with van der Waals surface area (Å²) in [4.78, 5) is 4.52. The minimum Gasteiger partial charge on any atom is -0.456 e. The van der Waals surface area contributed by atoms with Gasteiger partial charge in [-0.05, 0) is 133 Å². The Hall–Kier alpha value is -8.54. The molecule has 0 saturated heterocycles. The van der Waals surface area contributed by atoms with Gasteiger partial charge in [-0.2, -0.15) is 0 Å². The predicted molar refractivity (Wildman–Crippen MR) is 259 cm³/mol. The number of para-hydroxylation sites is 4. The maximum atomic E-state index is 6.94. The van der Waals surface area contributed by atoms with Gasteiger partial charge in [0.25, 0.3) is 0 Å². The molecule has 0 fully saturated rings. The van der Waals surface area contributed by atoms with Crippen molar-refractivity contribution in [2.45, 2.75) is 0 Å². The molecule has 5 nitrogen and oxygen atoms in total. The van der Waals surface area contributed by atoms with E-state index in [9.17, 15) is 0 Å². The van der Waals surface area contributed by atoms with Crippen LogP contribution in [0.15, 0.2) is 244 Å². The summed E-state index contributed by atoms with van der Waals surface area (Å²) in [5.41, 5.74) is 11.6. The molecule has 3 aromatic heterocycles. The van der Waals surface area contributed by atoms with E-state index in [0.29, 0.717) is 11.2 Å². The van der Waals surface area contributed by atoms with Gasteiger partial charge >= 0.3 is 0 Å². The number of furan rings is 3. The highest BCUT2D eigenvalue weighted by atomic mass is 16.4. The van der Waals surface area contributed by atoms with Crippen molar-refractivity contribution in [3.8, 4) is 34.0 Å². The molecule has 3 heterocycles. The van der Waals surface area contributed by atoms with Crippen molar-refractivity contribution >= 4 is 77.8 Å². The lowest BCUT2D eigenvalue weighted by molar-refractivity contribution is 0.598. The van der Waals surface area contributed by atoms with Gasteiger partial charge in [0, 0.05) is 72.4 Å². The first kappa shape index (κ1) is 36.3. The van der Waals surface area contributed by atoms with Crippen LogP contribution < -0.4 is 9.80 Å². The monoisotopic (exact) mass is 810 g/mol. The first-order chi connectivity index (χ1) is 31.2. The van der Waals surface area contributed by atoms with E-state index in [2.05, 4.69) is 198 Å². The summed E-state index contributed by atoms with van der Waals surface area (Å²) < 4.78 is 20.4. The van der Waals surface area contributed by atoms with Crippen LogP contribution >= 0.6 is 0 Å². The Bertz CT molecular complexity index is 3440. The van der Waals surface area contributed by atoms with Gasteiger partial charge in [0.2, 0.25) is 0 Å². The molecule has 63 heavy (non-hydrogen) atoms. The second kappa shape index (κ2) is 15.2. The molecule has 0 aliphatic carbocycles. The molecule has 0 N–H and O–H groups in total. The van der Waals surface area contributed by atoms with E-state index in [1.165, 1.54) is 0 Å². The molecule has 0 atom stereocenters. The molecule has 0 radical (unpaired) electrons. The lowest BCUT2D eigenvalue weighted by atomic mass is 9.98. The standard InChI is InChI=1S/C58H38N2O3/c1-6-16-39(17-7-1)53-37-50-52(61-53)35-34-48-49-36-54(40-26-30-46(31-27-40)59(42-18-8-2-9-19-42)43-20-10-3-11-21-43)62-57(49)58-51(56(48)50)38-55(63-58)41-28-32-47(33-29-41)60(44-22-12-4-13-23-44)45-24-14-5-15-25-45/h1-38H. The quantitative estimate of drug-likeness (QED) is 0.145. The van der Waals surface area contributed by atoms with E-state index in [0.717, 1.165) is 101 Å². The summed E-state index contributed by atoms with van der Waals surface area (Å²) in [5, 5.41) is 5.11. The highest BCUT2D eigenvalue weighted by molar-refractivity contribution is 6.30. The number of anilines is 6. The zero-order valence-electron chi connectivity index (χ0n) is 34.1. The van der Waals surface area contributed by atoms with E-state index in [1.807, 2.05) is 42.5 Å². The van der Waals surface area contributed by atoms with Gasteiger partial charge in [0.1, 0.15) is 22.9 Å². The van der Waals surface area contributed by atoms with E-state index in [1.54, 1.807) is 0 Å². The minimum atomic E-state index is 0.698. The fourth-order valence-electron chi connectivity index (χ4n) is 8.91. The zero-order valence-corrected chi connectivity index (χ0v) is 34.1. The van der Waals surface area contributed by atoms with E-state index in [4.69, 9.17) is 13.3 Å². The molecule has 0 bridgehead atoms. The van der Waals surface area contributed by atoms with Gasteiger partial charge in [0.15, 0.2) is 11.2 Å². The average molecular weight is 811 g/mol. The lowest BCUT2D eigenvalue weighted by Gasteiger charge is -2.25. The molecule has 9 aromatic carbocycles. The van der Waals surface area contributed by atoms with E-state index < -0.39 is 0 Å². The van der Waals surface area contributed by atoms with Gasteiger partial charge in [-0.3, -0.25) is 0 Å². The summed E-state index contributed by atoms with van der Waals surface area (Å²) in [7, 11) is 0. The average Bonchev–Trinajstić information content (AvgIpc) is 4.12. The maximum absolute atomic E-state index is 6.94. The van der Waals surface area contributed by atoms with Crippen molar-refractivity contribution in [1.29, 1.82) is 0 Å². The Labute approximate surface area is 363 Å². The molecule has 12 aromatic rings. The molecular formula is C58H38N2O3. The molecule has 298 valence electrons. The van der Waals surface area contributed by atoms with Gasteiger partial charge in [-0.25, -0.2) is 0 Å².